The van der Waals surface area contributed by atoms with E-state index in [1.807, 2.05) is 13.0 Å². The van der Waals surface area contributed by atoms with Crippen LogP contribution in [0.2, 0.25) is 0 Å². The third-order valence-corrected chi connectivity index (χ3v) is 3.99. The van der Waals surface area contributed by atoms with Gasteiger partial charge in [0.2, 0.25) is 16.4 Å². The average molecular weight is 223 g/mol. The molecule has 15 heavy (non-hydrogen) atoms. The van der Waals surface area contributed by atoms with Gasteiger partial charge in [0, 0.05) is 6.42 Å². The fraction of sp³-hybridized carbons (Fsp3) is 0.364. The first kappa shape index (κ1) is 11.7. The van der Waals surface area contributed by atoms with Crippen LogP contribution in [0, 0.1) is 13.5 Å². The minimum Gasteiger partial charge on any atom is -0.317 e. The standard InChI is InChI=1S/C7H6O2S.C4H7N/c1-5-2-3-6-4-7(5)10(6,8)9;1-3-4-5-2/h2-4H,1H3;3-4H2,1H3. The van der Waals surface area contributed by atoms with Gasteiger partial charge in [-0.3, -0.25) is 0 Å². The van der Waals surface area contributed by atoms with Crippen LogP contribution in [-0.4, -0.2) is 15.0 Å². The highest BCUT2D eigenvalue weighted by Gasteiger charge is 2.29. The number of benzene rings is 1. The van der Waals surface area contributed by atoms with Crippen molar-refractivity contribution in [3.05, 3.63) is 35.2 Å². The smallest absolute Gasteiger partial charge is 0.214 e. The Bertz CT molecular complexity index is 494. The first-order valence-corrected chi connectivity index (χ1v) is 6.21. The molecule has 2 aliphatic rings. The molecule has 3 nitrogen and oxygen atoms in total. The van der Waals surface area contributed by atoms with Gasteiger partial charge in [-0.05, 0) is 24.6 Å². The summed E-state index contributed by atoms with van der Waals surface area (Å²) < 4.78 is 22.1. The predicted molar refractivity (Wildman–Crippen MR) is 58.4 cm³/mol. The average Bonchev–Trinajstić information content (AvgIpc) is 2.19. The van der Waals surface area contributed by atoms with E-state index >= 15 is 0 Å². The van der Waals surface area contributed by atoms with Crippen LogP contribution in [0.15, 0.2) is 28.0 Å². The maximum atomic E-state index is 11.1. The summed E-state index contributed by atoms with van der Waals surface area (Å²) in [6.45, 7) is 10.7. The maximum absolute atomic E-state index is 11.1. The third kappa shape index (κ3) is 2.18. The molecule has 2 heterocycles. The molecule has 0 saturated carbocycles. The predicted octanol–water partition coefficient (Wildman–Crippen LogP) is 2.46. The normalized spacial score (nSPS) is 14.2. The van der Waals surface area contributed by atoms with E-state index in [0.29, 0.717) is 16.3 Å². The van der Waals surface area contributed by atoms with Gasteiger partial charge in [0.1, 0.15) is 0 Å². The number of fused-ring (bicyclic) bond motifs is 2. The second-order valence-corrected chi connectivity index (χ2v) is 5.23. The number of hydrogen-bond donors (Lipinski definition) is 0. The molecular weight excluding hydrogens is 210 g/mol. The molecule has 0 aliphatic carbocycles. The van der Waals surface area contributed by atoms with E-state index in [1.165, 1.54) is 0 Å². The van der Waals surface area contributed by atoms with Crippen LogP contribution in [-0.2, 0) is 9.84 Å². The minimum absolute atomic E-state index is 0.452. The fourth-order valence-corrected chi connectivity index (χ4v) is 2.58. The molecule has 80 valence electrons. The minimum atomic E-state index is -2.96. The van der Waals surface area contributed by atoms with Crippen LogP contribution in [0.4, 0.5) is 0 Å². The highest BCUT2D eigenvalue weighted by molar-refractivity contribution is 7.92. The molecule has 0 aromatic heterocycles. The zero-order valence-corrected chi connectivity index (χ0v) is 9.63. The Kier molecular flexibility index (Phi) is 3.48. The molecule has 2 bridgehead atoms. The summed E-state index contributed by atoms with van der Waals surface area (Å²) >= 11 is 0. The van der Waals surface area contributed by atoms with Gasteiger partial charge in [-0.15, -0.1) is 0 Å². The van der Waals surface area contributed by atoms with Crippen molar-refractivity contribution in [1.82, 2.24) is 0 Å². The van der Waals surface area contributed by atoms with Gasteiger partial charge in [0.05, 0.1) is 9.79 Å². The highest BCUT2D eigenvalue weighted by atomic mass is 32.2. The fourth-order valence-electron chi connectivity index (χ4n) is 1.22. The van der Waals surface area contributed by atoms with Crippen molar-refractivity contribution in [2.45, 2.75) is 30.1 Å². The molecule has 1 aromatic carbocycles. The van der Waals surface area contributed by atoms with Crippen molar-refractivity contribution < 1.29 is 8.42 Å². The second-order valence-electron chi connectivity index (χ2n) is 3.31. The van der Waals surface area contributed by atoms with Gasteiger partial charge in [0.25, 0.3) is 0 Å². The molecule has 0 saturated heterocycles. The second kappa shape index (κ2) is 4.45. The Balaban J connectivity index is 0.000000195. The van der Waals surface area contributed by atoms with E-state index in [4.69, 9.17) is 6.57 Å². The first-order valence-electron chi connectivity index (χ1n) is 4.73. The van der Waals surface area contributed by atoms with E-state index in [9.17, 15) is 8.42 Å². The van der Waals surface area contributed by atoms with Gasteiger partial charge < -0.3 is 4.85 Å². The van der Waals surface area contributed by atoms with Gasteiger partial charge in [-0.1, -0.05) is 13.0 Å². The zero-order chi connectivity index (χ0) is 11.5. The van der Waals surface area contributed by atoms with Crippen molar-refractivity contribution in [3.63, 3.8) is 0 Å². The Morgan fingerprint density at radius 1 is 1.40 bits per heavy atom. The lowest BCUT2D eigenvalue weighted by molar-refractivity contribution is 0.587. The third-order valence-electron chi connectivity index (χ3n) is 2.09. The molecule has 1 aromatic rings. The van der Waals surface area contributed by atoms with Crippen molar-refractivity contribution in [2.24, 2.45) is 0 Å². The number of nitrogens with zero attached hydrogens (tertiary/aromatic N) is 1. The first-order chi connectivity index (χ1) is 7.04. The Labute approximate surface area is 90.5 Å². The quantitative estimate of drug-likeness (QED) is 0.696. The van der Waals surface area contributed by atoms with Crippen molar-refractivity contribution in [1.29, 1.82) is 0 Å². The molecular formula is C11H13NO2S. The van der Waals surface area contributed by atoms with Gasteiger partial charge >= 0.3 is 0 Å². The van der Waals surface area contributed by atoms with Crippen LogP contribution >= 0.6 is 0 Å². The van der Waals surface area contributed by atoms with Crippen LogP contribution in [0.25, 0.3) is 4.85 Å². The summed E-state index contributed by atoms with van der Waals surface area (Å²) in [6.07, 6.45) is 0.990. The summed E-state index contributed by atoms with van der Waals surface area (Å²) in [6, 6.07) is 5.16. The largest absolute Gasteiger partial charge is 0.317 e. The molecule has 3 rings (SSSR count). The zero-order valence-electron chi connectivity index (χ0n) is 8.82. The van der Waals surface area contributed by atoms with E-state index < -0.39 is 9.84 Å². The SMILES string of the molecule is Cc1ccc2cc1S2(=O)=O.[C-]#[N+]CCC. The van der Waals surface area contributed by atoms with Crippen molar-refractivity contribution in [3.8, 4) is 0 Å². The number of aryl methyl sites for hydroxylation is 1. The van der Waals surface area contributed by atoms with Crippen molar-refractivity contribution in [2.75, 3.05) is 6.54 Å². The topological polar surface area (TPSA) is 38.5 Å². The maximum Gasteiger partial charge on any atom is 0.214 e. The molecule has 0 unspecified atom stereocenters. The number of sulfone groups is 1. The number of hydrogen-bond acceptors (Lipinski definition) is 2. The van der Waals surface area contributed by atoms with Crippen LogP contribution in [0.3, 0.4) is 0 Å². The monoisotopic (exact) mass is 223 g/mol. The van der Waals surface area contributed by atoms with Gasteiger partial charge in [-0.2, -0.15) is 0 Å². The van der Waals surface area contributed by atoms with Gasteiger partial charge in [-0.25, -0.2) is 15.0 Å². The summed E-state index contributed by atoms with van der Waals surface area (Å²) in [5.41, 5.74) is 0.843. The Hall–Kier alpha value is -1.34. The highest BCUT2D eigenvalue weighted by Crippen LogP contribution is 2.34. The molecule has 0 radical (unpaired) electrons. The Morgan fingerprint density at radius 3 is 2.27 bits per heavy atom. The summed E-state index contributed by atoms with van der Waals surface area (Å²) in [5, 5.41) is 0. The van der Waals surface area contributed by atoms with E-state index in [-0.39, 0.29) is 0 Å². The van der Waals surface area contributed by atoms with E-state index in [1.54, 1.807) is 19.1 Å². The molecule has 0 atom stereocenters. The summed E-state index contributed by atoms with van der Waals surface area (Å²) in [7, 11) is -2.96. The molecule has 0 N–H and O–H groups in total. The van der Waals surface area contributed by atoms with E-state index in [2.05, 4.69) is 4.85 Å². The van der Waals surface area contributed by atoms with Gasteiger partial charge in [0.15, 0.2) is 0 Å². The molecule has 0 amide bonds. The van der Waals surface area contributed by atoms with Crippen LogP contribution in [0.1, 0.15) is 18.9 Å². The van der Waals surface area contributed by atoms with Crippen molar-refractivity contribution >= 4 is 9.84 Å². The lowest BCUT2D eigenvalue weighted by Crippen LogP contribution is -2.13. The molecule has 0 fully saturated rings. The molecule has 0 spiro atoms. The van der Waals surface area contributed by atoms with Crippen LogP contribution < -0.4 is 0 Å². The van der Waals surface area contributed by atoms with E-state index in [0.717, 1.165) is 12.0 Å². The summed E-state index contributed by atoms with van der Waals surface area (Å²) in [5.74, 6) is 0. The summed E-state index contributed by atoms with van der Waals surface area (Å²) in [4.78, 5) is 4.05. The molecule has 2 aliphatic heterocycles. The Morgan fingerprint density at radius 2 is 2.07 bits per heavy atom. The number of rotatable bonds is 1. The molecule has 4 heteroatoms. The van der Waals surface area contributed by atoms with Crippen LogP contribution in [0.5, 0.6) is 0 Å². The lowest BCUT2D eigenvalue weighted by Gasteiger charge is -2.16. The lowest BCUT2D eigenvalue weighted by atomic mass is 10.2.